The molecule has 3 rings (SSSR count). The first-order valence-corrected chi connectivity index (χ1v) is 9.81. The van der Waals surface area contributed by atoms with Crippen molar-refractivity contribution in [1.82, 2.24) is 0 Å². The number of para-hydroxylation sites is 1. The van der Waals surface area contributed by atoms with Gasteiger partial charge < -0.3 is 10.1 Å². The Morgan fingerprint density at radius 1 is 0.893 bits per heavy atom. The number of hydrogen-bond acceptors (Lipinski definition) is 4. The summed E-state index contributed by atoms with van der Waals surface area (Å²) in [6, 6.07) is 24.2. The molecule has 0 saturated carbocycles. The molecule has 3 aromatic rings. The van der Waals surface area contributed by atoms with E-state index >= 15 is 0 Å². The molecule has 0 aliphatic carbocycles. The summed E-state index contributed by atoms with van der Waals surface area (Å²) in [5, 5.41) is 3.47. The Bertz CT molecular complexity index is 946. The molecular weight excluding hydrogens is 394 g/mol. The number of halogens is 1. The topological polar surface area (TPSA) is 55.4 Å². The van der Waals surface area contributed by atoms with Crippen molar-refractivity contribution in [2.45, 2.75) is 16.2 Å². The number of anilines is 1. The van der Waals surface area contributed by atoms with E-state index in [-0.39, 0.29) is 18.9 Å². The Hall–Kier alpha value is -2.76. The summed E-state index contributed by atoms with van der Waals surface area (Å²) in [5.41, 5.74) is 1.50. The van der Waals surface area contributed by atoms with Gasteiger partial charge in [0.2, 0.25) is 0 Å². The minimum Gasteiger partial charge on any atom is -0.455 e. The molecule has 28 heavy (non-hydrogen) atoms. The van der Waals surface area contributed by atoms with E-state index in [0.29, 0.717) is 10.7 Å². The predicted octanol–water partition coefficient (Wildman–Crippen LogP) is 5.22. The van der Waals surface area contributed by atoms with Gasteiger partial charge in [0.05, 0.1) is 12.1 Å². The Morgan fingerprint density at radius 3 is 2.32 bits per heavy atom. The van der Waals surface area contributed by atoms with Gasteiger partial charge in [-0.05, 0) is 42.0 Å². The van der Waals surface area contributed by atoms with Crippen molar-refractivity contribution in [3.8, 4) is 0 Å². The molecule has 0 atom stereocenters. The molecule has 1 N–H and O–H groups in total. The van der Waals surface area contributed by atoms with Crippen molar-refractivity contribution in [2.75, 3.05) is 11.9 Å². The van der Waals surface area contributed by atoms with Crippen LogP contribution in [0, 0.1) is 0 Å². The SMILES string of the molecule is O=C(COC(=O)Cc1ccccc1)Nc1ccccc1Sc1ccc(Cl)cc1. The van der Waals surface area contributed by atoms with Crippen molar-refractivity contribution >= 4 is 40.9 Å². The highest BCUT2D eigenvalue weighted by atomic mass is 35.5. The molecule has 1 amide bonds. The molecule has 0 aliphatic rings. The van der Waals surface area contributed by atoms with Gasteiger partial charge in [-0.25, -0.2) is 0 Å². The van der Waals surface area contributed by atoms with Crippen molar-refractivity contribution in [3.63, 3.8) is 0 Å². The minimum atomic E-state index is -0.440. The van der Waals surface area contributed by atoms with E-state index in [9.17, 15) is 9.59 Å². The fourth-order valence-electron chi connectivity index (χ4n) is 2.43. The van der Waals surface area contributed by atoms with Crippen LogP contribution >= 0.6 is 23.4 Å². The van der Waals surface area contributed by atoms with Crippen molar-refractivity contribution in [3.05, 3.63) is 89.4 Å². The van der Waals surface area contributed by atoms with Crippen molar-refractivity contribution < 1.29 is 14.3 Å². The number of amides is 1. The predicted molar refractivity (Wildman–Crippen MR) is 112 cm³/mol. The molecule has 0 radical (unpaired) electrons. The Balaban J connectivity index is 1.55. The standard InChI is InChI=1S/C22H18ClNO3S/c23-17-10-12-18(13-11-17)28-20-9-5-4-8-19(20)24-21(25)15-27-22(26)14-16-6-2-1-3-7-16/h1-13H,14-15H2,(H,24,25). The van der Waals surface area contributed by atoms with Crippen LogP contribution in [-0.4, -0.2) is 18.5 Å². The minimum absolute atomic E-state index is 0.136. The molecule has 4 nitrogen and oxygen atoms in total. The first-order chi connectivity index (χ1) is 13.6. The van der Waals surface area contributed by atoms with Crippen LogP contribution in [0.3, 0.4) is 0 Å². The molecule has 0 spiro atoms. The number of benzene rings is 3. The maximum absolute atomic E-state index is 12.2. The van der Waals surface area contributed by atoms with E-state index in [1.54, 1.807) is 0 Å². The highest BCUT2D eigenvalue weighted by Crippen LogP contribution is 2.33. The number of hydrogen-bond donors (Lipinski definition) is 1. The van der Waals surface area contributed by atoms with Crippen molar-refractivity contribution in [2.24, 2.45) is 0 Å². The molecular formula is C22H18ClNO3S. The summed E-state index contributed by atoms with van der Waals surface area (Å²) in [4.78, 5) is 26.0. The fourth-order valence-corrected chi connectivity index (χ4v) is 3.46. The molecule has 0 heterocycles. The molecule has 0 aromatic heterocycles. The van der Waals surface area contributed by atoms with Gasteiger partial charge in [0.25, 0.3) is 5.91 Å². The first kappa shape index (κ1) is 20.0. The van der Waals surface area contributed by atoms with Gasteiger partial charge in [0.15, 0.2) is 6.61 Å². The Morgan fingerprint density at radius 2 is 1.57 bits per heavy atom. The molecule has 0 aliphatic heterocycles. The van der Waals surface area contributed by atoms with Crippen LogP contribution in [0.15, 0.2) is 88.7 Å². The summed E-state index contributed by atoms with van der Waals surface area (Å²) >= 11 is 7.43. The highest BCUT2D eigenvalue weighted by Gasteiger charge is 2.11. The molecule has 0 unspecified atom stereocenters. The lowest BCUT2D eigenvalue weighted by Gasteiger charge is -2.11. The largest absolute Gasteiger partial charge is 0.455 e. The van der Waals surface area contributed by atoms with E-state index < -0.39 is 5.97 Å². The van der Waals surface area contributed by atoms with Crippen LogP contribution in [0.2, 0.25) is 5.02 Å². The molecule has 3 aromatic carbocycles. The van der Waals surface area contributed by atoms with Crippen LogP contribution < -0.4 is 5.32 Å². The van der Waals surface area contributed by atoms with Crippen LogP contribution in [-0.2, 0) is 20.7 Å². The number of carbonyl (C=O) groups is 2. The summed E-state index contributed by atoms with van der Waals surface area (Å²) in [5.74, 6) is -0.823. The number of ether oxygens (including phenoxy) is 1. The van der Waals surface area contributed by atoms with Gasteiger partial charge >= 0.3 is 5.97 Å². The van der Waals surface area contributed by atoms with E-state index in [0.717, 1.165) is 15.4 Å². The maximum Gasteiger partial charge on any atom is 0.310 e. The average Bonchev–Trinajstić information content (AvgIpc) is 2.70. The number of nitrogens with one attached hydrogen (secondary N) is 1. The summed E-state index contributed by atoms with van der Waals surface area (Å²) in [6.07, 6.45) is 0.136. The normalized spacial score (nSPS) is 10.3. The van der Waals surface area contributed by atoms with Gasteiger partial charge in [-0.1, -0.05) is 65.8 Å². The van der Waals surface area contributed by atoms with Crippen LogP contribution in [0.4, 0.5) is 5.69 Å². The third-order valence-electron chi connectivity index (χ3n) is 3.76. The molecule has 6 heteroatoms. The Kier molecular flexibility index (Phi) is 7.12. The van der Waals surface area contributed by atoms with Gasteiger partial charge in [-0.2, -0.15) is 0 Å². The number of carbonyl (C=O) groups excluding carboxylic acids is 2. The third-order valence-corrected chi connectivity index (χ3v) is 5.09. The fraction of sp³-hybridized carbons (Fsp3) is 0.0909. The van der Waals surface area contributed by atoms with Gasteiger partial charge in [0.1, 0.15) is 0 Å². The van der Waals surface area contributed by atoms with Crippen molar-refractivity contribution in [1.29, 1.82) is 0 Å². The lowest BCUT2D eigenvalue weighted by molar-refractivity contribution is -0.146. The number of rotatable bonds is 7. The molecule has 0 bridgehead atoms. The van der Waals surface area contributed by atoms with E-state index in [4.69, 9.17) is 16.3 Å². The Labute approximate surface area is 172 Å². The highest BCUT2D eigenvalue weighted by molar-refractivity contribution is 7.99. The van der Waals surface area contributed by atoms with Crippen LogP contribution in [0.25, 0.3) is 0 Å². The summed E-state index contributed by atoms with van der Waals surface area (Å²) in [6.45, 7) is -0.328. The summed E-state index contributed by atoms with van der Waals surface area (Å²) < 4.78 is 5.08. The lowest BCUT2D eigenvalue weighted by atomic mass is 10.2. The van der Waals surface area contributed by atoms with Gasteiger partial charge in [-0.3, -0.25) is 9.59 Å². The molecule has 0 fully saturated rings. The van der Waals surface area contributed by atoms with Crippen LogP contribution in [0.5, 0.6) is 0 Å². The lowest BCUT2D eigenvalue weighted by Crippen LogP contribution is -2.21. The third kappa shape index (κ3) is 6.15. The van der Waals surface area contributed by atoms with E-state index in [1.165, 1.54) is 11.8 Å². The van der Waals surface area contributed by atoms with E-state index in [1.807, 2.05) is 78.9 Å². The van der Waals surface area contributed by atoms with E-state index in [2.05, 4.69) is 5.32 Å². The van der Waals surface area contributed by atoms with Crippen LogP contribution in [0.1, 0.15) is 5.56 Å². The van der Waals surface area contributed by atoms with Gasteiger partial charge in [0, 0.05) is 14.8 Å². The second-order valence-electron chi connectivity index (χ2n) is 5.92. The smallest absolute Gasteiger partial charge is 0.310 e. The first-order valence-electron chi connectivity index (χ1n) is 8.62. The second-order valence-corrected chi connectivity index (χ2v) is 7.48. The monoisotopic (exact) mass is 411 g/mol. The maximum atomic E-state index is 12.2. The second kappa shape index (κ2) is 9.97. The zero-order chi connectivity index (χ0) is 19.8. The number of esters is 1. The molecule has 142 valence electrons. The zero-order valence-corrected chi connectivity index (χ0v) is 16.5. The zero-order valence-electron chi connectivity index (χ0n) is 14.9. The summed E-state index contributed by atoms with van der Waals surface area (Å²) in [7, 11) is 0. The van der Waals surface area contributed by atoms with Gasteiger partial charge in [-0.15, -0.1) is 0 Å². The molecule has 0 saturated heterocycles. The quantitative estimate of drug-likeness (QED) is 0.542. The average molecular weight is 412 g/mol.